The van der Waals surface area contributed by atoms with E-state index < -0.39 is 9.84 Å². The molecule has 1 amide bonds. The molecule has 2 rings (SSSR count). The fraction of sp³-hybridized carbons (Fsp3) is 0.500. The Hall–Kier alpha value is -1.40. The molecule has 5 nitrogen and oxygen atoms in total. The van der Waals surface area contributed by atoms with Gasteiger partial charge in [0.15, 0.2) is 9.84 Å². The number of hydrogen-bond donors (Lipinski definition) is 1. The molecule has 1 N–H and O–H groups in total. The number of piperidine rings is 1. The molecule has 1 aromatic carbocycles. The highest BCUT2D eigenvalue weighted by molar-refractivity contribution is 7.90. The second kappa shape index (κ2) is 7.24. The number of amides is 1. The van der Waals surface area contributed by atoms with E-state index in [-0.39, 0.29) is 22.4 Å². The number of nitrogens with zero attached hydrogens (tertiary/aromatic N) is 1. The van der Waals surface area contributed by atoms with E-state index in [1.165, 1.54) is 6.07 Å². The van der Waals surface area contributed by atoms with E-state index in [0.29, 0.717) is 0 Å². The number of benzene rings is 1. The summed E-state index contributed by atoms with van der Waals surface area (Å²) in [7, 11) is -3.41. The number of rotatable bonds is 5. The van der Waals surface area contributed by atoms with Crippen molar-refractivity contribution in [3.8, 4) is 0 Å². The molecule has 0 aromatic heterocycles. The van der Waals surface area contributed by atoms with Crippen LogP contribution in [0.5, 0.6) is 0 Å². The SMILES string of the molecule is [CH2]CCN1CCC(NC(=O)c2ccccc2S(C)(=O)=O)CC1. The number of carbonyl (C=O) groups excluding carboxylic acids is 1. The number of likely N-dealkylation sites (tertiary alicyclic amines) is 1. The standard InChI is InChI=1S/C16H23N2O3S/c1-3-10-18-11-8-13(9-12-18)17-16(19)14-6-4-5-7-15(14)22(2,20)21/h4-7,13H,1,3,8-12H2,2H3,(H,17,19). The lowest BCUT2D eigenvalue weighted by atomic mass is 10.0. The summed E-state index contributed by atoms with van der Waals surface area (Å²) in [5.41, 5.74) is 0.227. The zero-order valence-electron chi connectivity index (χ0n) is 12.9. The van der Waals surface area contributed by atoms with E-state index >= 15 is 0 Å². The lowest BCUT2D eigenvalue weighted by molar-refractivity contribution is 0.0908. The number of hydrogen-bond acceptors (Lipinski definition) is 4. The molecule has 0 atom stereocenters. The van der Waals surface area contributed by atoms with Crippen molar-refractivity contribution < 1.29 is 13.2 Å². The highest BCUT2D eigenvalue weighted by atomic mass is 32.2. The van der Waals surface area contributed by atoms with E-state index in [1.54, 1.807) is 18.2 Å². The molecule has 1 aliphatic rings. The summed E-state index contributed by atoms with van der Waals surface area (Å²) in [5, 5.41) is 2.96. The van der Waals surface area contributed by atoms with Gasteiger partial charge in [0.25, 0.3) is 5.91 Å². The summed E-state index contributed by atoms with van der Waals surface area (Å²) in [5.74, 6) is -0.309. The molecule has 1 radical (unpaired) electrons. The lowest BCUT2D eigenvalue weighted by Gasteiger charge is -2.32. The van der Waals surface area contributed by atoms with Crippen LogP contribution < -0.4 is 5.32 Å². The Balaban J connectivity index is 2.02. The van der Waals surface area contributed by atoms with Crippen molar-refractivity contribution in [1.29, 1.82) is 0 Å². The van der Waals surface area contributed by atoms with Gasteiger partial charge in [-0.3, -0.25) is 4.79 Å². The monoisotopic (exact) mass is 323 g/mol. The molecule has 0 aliphatic carbocycles. The van der Waals surface area contributed by atoms with Crippen molar-refractivity contribution in [1.82, 2.24) is 10.2 Å². The van der Waals surface area contributed by atoms with Crippen LogP contribution in [0.2, 0.25) is 0 Å². The van der Waals surface area contributed by atoms with Crippen LogP contribution in [0, 0.1) is 6.92 Å². The summed E-state index contributed by atoms with van der Waals surface area (Å²) in [6.45, 7) is 6.71. The van der Waals surface area contributed by atoms with Gasteiger partial charge in [-0.1, -0.05) is 19.1 Å². The maximum atomic E-state index is 12.4. The molecule has 1 aromatic rings. The van der Waals surface area contributed by atoms with Gasteiger partial charge in [-0.15, -0.1) is 0 Å². The van der Waals surface area contributed by atoms with Crippen LogP contribution in [-0.2, 0) is 9.84 Å². The van der Waals surface area contributed by atoms with Crippen molar-refractivity contribution in [2.75, 3.05) is 25.9 Å². The molecule has 1 fully saturated rings. The zero-order chi connectivity index (χ0) is 16.2. The van der Waals surface area contributed by atoms with Gasteiger partial charge in [-0.05, 0) is 37.9 Å². The Kier molecular flexibility index (Phi) is 5.58. The molecule has 0 saturated carbocycles. The highest BCUT2D eigenvalue weighted by Crippen LogP contribution is 2.17. The third kappa shape index (κ3) is 4.30. The summed E-state index contributed by atoms with van der Waals surface area (Å²) in [4.78, 5) is 14.8. The zero-order valence-corrected chi connectivity index (χ0v) is 13.7. The van der Waals surface area contributed by atoms with Gasteiger partial charge < -0.3 is 10.2 Å². The molecule has 1 saturated heterocycles. The van der Waals surface area contributed by atoms with Gasteiger partial charge in [0.2, 0.25) is 0 Å². The topological polar surface area (TPSA) is 66.5 Å². The van der Waals surface area contributed by atoms with Gasteiger partial charge in [0.05, 0.1) is 10.5 Å². The minimum Gasteiger partial charge on any atom is -0.349 e. The quantitative estimate of drug-likeness (QED) is 0.892. The maximum absolute atomic E-state index is 12.4. The molecular formula is C16H23N2O3S. The van der Waals surface area contributed by atoms with Crippen molar-refractivity contribution in [2.45, 2.75) is 30.2 Å². The molecule has 0 spiro atoms. The molecule has 6 heteroatoms. The van der Waals surface area contributed by atoms with E-state index in [4.69, 9.17) is 0 Å². The normalized spacial score (nSPS) is 17.4. The fourth-order valence-electron chi connectivity index (χ4n) is 2.77. The summed E-state index contributed by atoms with van der Waals surface area (Å²) >= 11 is 0. The Morgan fingerprint density at radius 2 is 1.95 bits per heavy atom. The average Bonchev–Trinajstić information content (AvgIpc) is 2.48. The van der Waals surface area contributed by atoms with Crippen LogP contribution in [0.4, 0.5) is 0 Å². The molecule has 22 heavy (non-hydrogen) atoms. The lowest BCUT2D eigenvalue weighted by Crippen LogP contribution is -2.45. The van der Waals surface area contributed by atoms with Crippen LogP contribution >= 0.6 is 0 Å². The molecule has 1 heterocycles. The van der Waals surface area contributed by atoms with Crippen molar-refractivity contribution in [3.05, 3.63) is 36.8 Å². The molecular weight excluding hydrogens is 300 g/mol. The van der Waals surface area contributed by atoms with Crippen molar-refractivity contribution in [2.24, 2.45) is 0 Å². The first-order valence-corrected chi connectivity index (χ1v) is 9.42. The van der Waals surface area contributed by atoms with E-state index in [9.17, 15) is 13.2 Å². The van der Waals surface area contributed by atoms with Crippen LogP contribution in [0.3, 0.4) is 0 Å². The first-order chi connectivity index (χ1) is 10.4. The largest absolute Gasteiger partial charge is 0.349 e. The second-order valence-corrected chi connectivity index (χ2v) is 7.70. The van der Waals surface area contributed by atoms with Gasteiger partial charge >= 0.3 is 0 Å². The first-order valence-electron chi connectivity index (χ1n) is 7.53. The third-order valence-corrected chi connectivity index (χ3v) is 5.08. The smallest absolute Gasteiger partial charge is 0.252 e. The summed E-state index contributed by atoms with van der Waals surface area (Å²) in [6, 6.07) is 6.44. The predicted octanol–water partition coefficient (Wildman–Crippen LogP) is 1.51. The Morgan fingerprint density at radius 3 is 2.55 bits per heavy atom. The van der Waals surface area contributed by atoms with Gasteiger partial charge in [-0.25, -0.2) is 8.42 Å². The van der Waals surface area contributed by atoms with Crippen molar-refractivity contribution >= 4 is 15.7 Å². The van der Waals surface area contributed by atoms with Crippen LogP contribution in [0.1, 0.15) is 29.6 Å². The van der Waals surface area contributed by atoms with Crippen LogP contribution in [0.15, 0.2) is 29.2 Å². The summed E-state index contributed by atoms with van der Waals surface area (Å²) in [6.07, 6.45) is 3.77. The van der Waals surface area contributed by atoms with Crippen LogP contribution in [0.25, 0.3) is 0 Å². The molecule has 121 valence electrons. The maximum Gasteiger partial charge on any atom is 0.252 e. The highest BCUT2D eigenvalue weighted by Gasteiger charge is 2.23. The Labute approximate surface area is 132 Å². The van der Waals surface area contributed by atoms with E-state index in [0.717, 1.165) is 45.2 Å². The second-order valence-electron chi connectivity index (χ2n) is 5.71. The van der Waals surface area contributed by atoms with Crippen molar-refractivity contribution in [3.63, 3.8) is 0 Å². The number of carbonyl (C=O) groups is 1. The average molecular weight is 323 g/mol. The summed E-state index contributed by atoms with van der Waals surface area (Å²) < 4.78 is 23.5. The number of sulfone groups is 1. The first kappa shape index (κ1) is 17.0. The van der Waals surface area contributed by atoms with E-state index in [1.807, 2.05) is 0 Å². The molecule has 1 aliphatic heterocycles. The minimum absolute atomic E-state index is 0.0852. The van der Waals surface area contributed by atoms with Gasteiger partial charge in [0.1, 0.15) is 0 Å². The Morgan fingerprint density at radius 1 is 1.32 bits per heavy atom. The Bertz CT molecular complexity index is 620. The predicted molar refractivity (Wildman–Crippen MR) is 86.5 cm³/mol. The van der Waals surface area contributed by atoms with Crippen LogP contribution in [-0.4, -0.2) is 51.2 Å². The molecule has 0 unspecified atom stereocenters. The minimum atomic E-state index is -3.41. The van der Waals surface area contributed by atoms with Gasteiger partial charge in [-0.2, -0.15) is 0 Å². The molecule has 0 bridgehead atoms. The van der Waals surface area contributed by atoms with E-state index in [2.05, 4.69) is 17.1 Å². The van der Waals surface area contributed by atoms with Gasteiger partial charge in [0, 0.05) is 25.4 Å². The number of nitrogens with one attached hydrogen (secondary N) is 1. The fourth-order valence-corrected chi connectivity index (χ4v) is 3.65. The third-order valence-electron chi connectivity index (χ3n) is 3.93.